The molecule has 3 N–H and O–H groups in total. The van der Waals surface area contributed by atoms with Crippen molar-refractivity contribution in [1.82, 2.24) is 15.1 Å². The molecular formula is C23H24ClN5O3. The lowest BCUT2D eigenvalue weighted by Gasteiger charge is -2.37. The zero-order chi connectivity index (χ0) is 22.2. The molecule has 2 unspecified atom stereocenters. The van der Waals surface area contributed by atoms with Crippen LogP contribution in [0.3, 0.4) is 0 Å². The van der Waals surface area contributed by atoms with E-state index in [1.54, 1.807) is 18.2 Å². The van der Waals surface area contributed by atoms with Gasteiger partial charge in [-0.25, -0.2) is 9.59 Å². The zero-order valence-electron chi connectivity index (χ0n) is 17.4. The summed E-state index contributed by atoms with van der Waals surface area (Å²) in [5.41, 5.74) is 2.89. The smallest absolute Gasteiger partial charge is 0.432 e. The van der Waals surface area contributed by atoms with Crippen molar-refractivity contribution >= 4 is 46.0 Å². The molecule has 32 heavy (non-hydrogen) atoms. The fourth-order valence-corrected chi connectivity index (χ4v) is 5.27. The number of hydrogen-bond acceptors (Lipinski definition) is 4. The Hall–Kier alpha value is -3.26. The van der Waals surface area contributed by atoms with Crippen LogP contribution in [0.5, 0.6) is 0 Å². The third-order valence-electron chi connectivity index (χ3n) is 6.51. The molecule has 9 heteroatoms. The van der Waals surface area contributed by atoms with Gasteiger partial charge >= 0.3 is 12.1 Å². The van der Waals surface area contributed by atoms with Crippen molar-refractivity contribution in [3.05, 3.63) is 53.2 Å². The van der Waals surface area contributed by atoms with Crippen LogP contribution >= 0.6 is 11.6 Å². The first-order chi connectivity index (χ1) is 15.5. The van der Waals surface area contributed by atoms with Crippen LogP contribution in [-0.4, -0.2) is 39.1 Å². The number of hydrogen-bond donors (Lipinski definition) is 3. The van der Waals surface area contributed by atoms with Crippen LogP contribution in [0.15, 0.2) is 42.6 Å². The number of fused-ring (bicyclic) bond motifs is 3. The van der Waals surface area contributed by atoms with E-state index in [9.17, 15) is 14.7 Å². The highest BCUT2D eigenvalue weighted by molar-refractivity contribution is 6.31. The van der Waals surface area contributed by atoms with Gasteiger partial charge in [-0.3, -0.25) is 0 Å². The molecule has 1 aromatic heterocycles. The van der Waals surface area contributed by atoms with Crippen molar-refractivity contribution in [2.75, 3.05) is 10.2 Å². The number of benzene rings is 2. The minimum absolute atomic E-state index is 0.280. The Morgan fingerprint density at radius 1 is 1.12 bits per heavy atom. The largest absolute Gasteiger partial charge is 0.463 e. The molecule has 0 aliphatic carbocycles. The van der Waals surface area contributed by atoms with Gasteiger partial charge in [-0.05, 0) is 61.9 Å². The number of carboxylic acid groups (broad SMARTS) is 1. The summed E-state index contributed by atoms with van der Waals surface area (Å²) in [6.07, 6.45) is 6.54. The van der Waals surface area contributed by atoms with E-state index in [1.165, 1.54) is 38.3 Å². The molecule has 2 bridgehead atoms. The summed E-state index contributed by atoms with van der Waals surface area (Å²) in [7, 11) is 0. The summed E-state index contributed by atoms with van der Waals surface area (Å²) in [6.45, 7) is 0.280. The number of amides is 2. The topological polar surface area (TPSA) is 99.5 Å². The standard InChI is InChI=1S/C23H24ClN5O3/c24-19-11-17(28-15-3-1-4-16(28)10-9-15)8-7-14(19)12-25-22(30)27-20-5-2-6-21-18(20)13-26-29(21)23(31)32/h2,5-8,11,13,15-16H,1,3-4,9-10,12H2,(H,31,32)(H2,25,27,30). The molecule has 3 heterocycles. The number of urea groups is 1. The average molecular weight is 454 g/mol. The van der Waals surface area contributed by atoms with Crippen LogP contribution in [0, 0.1) is 0 Å². The lowest BCUT2D eigenvalue weighted by Crippen LogP contribution is -2.39. The molecule has 0 spiro atoms. The summed E-state index contributed by atoms with van der Waals surface area (Å²) >= 11 is 6.55. The number of rotatable bonds is 4. The molecule has 2 fully saturated rings. The van der Waals surface area contributed by atoms with E-state index in [1.807, 2.05) is 12.1 Å². The SMILES string of the molecule is O=C(NCc1ccc(N2C3CCCC2CC3)cc1Cl)Nc1cccc2c1cnn2C(=O)O. The molecular weight excluding hydrogens is 430 g/mol. The molecule has 8 nitrogen and oxygen atoms in total. The fourth-order valence-electron chi connectivity index (χ4n) is 5.03. The van der Waals surface area contributed by atoms with Gasteiger partial charge in [-0.2, -0.15) is 9.78 Å². The number of nitrogens with one attached hydrogen (secondary N) is 2. The third-order valence-corrected chi connectivity index (χ3v) is 6.86. The Labute approximate surface area is 190 Å². The van der Waals surface area contributed by atoms with E-state index in [4.69, 9.17) is 11.6 Å². The highest BCUT2D eigenvalue weighted by atomic mass is 35.5. The molecule has 2 saturated heterocycles. The zero-order valence-corrected chi connectivity index (χ0v) is 18.2. The highest BCUT2D eigenvalue weighted by Gasteiger charge is 2.36. The molecule has 3 aromatic rings. The number of carbonyl (C=O) groups excluding carboxylic acids is 1. The third kappa shape index (κ3) is 3.75. The molecule has 2 aromatic carbocycles. The second-order valence-corrected chi connectivity index (χ2v) is 8.79. The van der Waals surface area contributed by atoms with E-state index in [0.717, 1.165) is 15.9 Å². The molecule has 5 rings (SSSR count). The lowest BCUT2D eigenvalue weighted by molar-refractivity contribution is 0.194. The van der Waals surface area contributed by atoms with E-state index in [-0.39, 0.29) is 6.54 Å². The number of halogens is 1. The van der Waals surface area contributed by atoms with E-state index >= 15 is 0 Å². The van der Waals surface area contributed by atoms with Gasteiger partial charge in [0.2, 0.25) is 0 Å². The summed E-state index contributed by atoms with van der Waals surface area (Å²) in [6, 6.07) is 11.9. The normalized spacial score (nSPS) is 19.8. The van der Waals surface area contributed by atoms with Gasteiger partial charge in [0.15, 0.2) is 0 Å². The average Bonchev–Trinajstić information content (AvgIpc) is 3.32. The first-order valence-corrected chi connectivity index (χ1v) is 11.2. The van der Waals surface area contributed by atoms with Crippen molar-refractivity contribution in [2.24, 2.45) is 0 Å². The minimum atomic E-state index is -1.18. The second-order valence-electron chi connectivity index (χ2n) is 8.38. The van der Waals surface area contributed by atoms with Gasteiger partial charge in [0.25, 0.3) is 0 Å². The number of anilines is 2. The van der Waals surface area contributed by atoms with Gasteiger partial charge in [0.05, 0.1) is 17.4 Å². The van der Waals surface area contributed by atoms with Gasteiger partial charge in [0, 0.05) is 34.7 Å². The molecule has 2 aliphatic heterocycles. The van der Waals surface area contributed by atoms with Crippen LogP contribution in [-0.2, 0) is 6.54 Å². The van der Waals surface area contributed by atoms with Gasteiger partial charge in [-0.15, -0.1) is 0 Å². The van der Waals surface area contributed by atoms with Crippen LogP contribution in [0.4, 0.5) is 21.0 Å². The van der Waals surface area contributed by atoms with Gasteiger partial charge in [-0.1, -0.05) is 23.7 Å². The van der Waals surface area contributed by atoms with Crippen LogP contribution in [0.25, 0.3) is 10.9 Å². The van der Waals surface area contributed by atoms with Crippen molar-refractivity contribution in [3.63, 3.8) is 0 Å². The quantitative estimate of drug-likeness (QED) is 0.512. The first kappa shape index (κ1) is 20.6. The summed E-state index contributed by atoms with van der Waals surface area (Å²) < 4.78 is 0.869. The van der Waals surface area contributed by atoms with Crippen LogP contribution < -0.4 is 15.5 Å². The minimum Gasteiger partial charge on any atom is -0.463 e. The molecule has 0 radical (unpaired) electrons. The molecule has 2 amide bonds. The molecule has 0 saturated carbocycles. The number of carbonyl (C=O) groups is 2. The van der Waals surface area contributed by atoms with Crippen molar-refractivity contribution in [3.8, 4) is 0 Å². The monoisotopic (exact) mass is 453 g/mol. The maximum Gasteiger partial charge on any atom is 0.432 e. The highest BCUT2D eigenvalue weighted by Crippen LogP contribution is 2.40. The van der Waals surface area contributed by atoms with Crippen molar-refractivity contribution < 1.29 is 14.7 Å². The molecule has 2 aliphatic rings. The van der Waals surface area contributed by atoms with Gasteiger partial charge < -0.3 is 20.6 Å². The van der Waals surface area contributed by atoms with Crippen molar-refractivity contribution in [2.45, 2.75) is 50.7 Å². The number of aromatic nitrogens is 2. The number of nitrogens with zero attached hydrogens (tertiary/aromatic N) is 3. The van der Waals surface area contributed by atoms with Crippen LogP contribution in [0.1, 0.15) is 37.7 Å². The molecule has 2 atom stereocenters. The summed E-state index contributed by atoms with van der Waals surface area (Å²) in [4.78, 5) is 26.2. The lowest BCUT2D eigenvalue weighted by atomic mass is 10.0. The maximum atomic E-state index is 12.5. The Kier molecular flexibility index (Phi) is 5.38. The first-order valence-electron chi connectivity index (χ1n) is 10.8. The number of piperidine rings is 1. The molecule has 166 valence electrons. The van der Waals surface area contributed by atoms with Crippen molar-refractivity contribution in [1.29, 1.82) is 0 Å². The second kappa shape index (κ2) is 8.35. The summed E-state index contributed by atoms with van der Waals surface area (Å²) in [5, 5.41) is 19.8. The van der Waals surface area contributed by atoms with E-state index in [0.29, 0.717) is 33.7 Å². The van der Waals surface area contributed by atoms with Crippen LogP contribution in [0.2, 0.25) is 5.02 Å². The predicted octanol–water partition coefficient (Wildman–Crippen LogP) is 5.06. The van der Waals surface area contributed by atoms with E-state index in [2.05, 4.69) is 26.7 Å². The Morgan fingerprint density at radius 2 is 1.91 bits per heavy atom. The van der Waals surface area contributed by atoms with Gasteiger partial charge in [0.1, 0.15) is 0 Å². The maximum absolute atomic E-state index is 12.5. The Bertz CT molecular complexity index is 1180. The fraction of sp³-hybridized carbons (Fsp3) is 0.348. The predicted molar refractivity (Wildman–Crippen MR) is 124 cm³/mol. The Balaban J connectivity index is 1.25. The summed E-state index contributed by atoms with van der Waals surface area (Å²) in [5.74, 6) is 0. The Morgan fingerprint density at radius 3 is 2.62 bits per heavy atom. The van der Waals surface area contributed by atoms with E-state index < -0.39 is 12.1 Å².